The molecule has 6 rings (SSSR count). The number of hydrogen-bond acceptors (Lipinski definition) is 5. The minimum absolute atomic E-state index is 0.143. The second kappa shape index (κ2) is 5.24. The fourth-order valence-corrected chi connectivity index (χ4v) is 5.48. The Morgan fingerprint density at radius 2 is 2.08 bits per heavy atom. The van der Waals surface area contributed by atoms with Crippen LogP contribution in [0.5, 0.6) is 0 Å². The number of hydrogen-bond donors (Lipinski definition) is 0. The minimum atomic E-state index is -0.783. The average molecular weight is 372 g/mol. The Balaban J connectivity index is 1.48. The number of piperidine rings is 3. The summed E-state index contributed by atoms with van der Waals surface area (Å²) in [5.41, 5.74) is 0.142. The van der Waals surface area contributed by atoms with E-state index in [-0.39, 0.29) is 15.8 Å². The Bertz CT molecular complexity index is 823. The molecular weight excluding hydrogens is 356 g/mol. The fourth-order valence-electron chi connectivity index (χ4n) is 4.32. The molecule has 2 bridgehead atoms. The van der Waals surface area contributed by atoms with E-state index < -0.39 is 16.7 Å². The quantitative estimate of drug-likeness (QED) is 0.712. The van der Waals surface area contributed by atoms with E-state index in [1.165, 1.54) is 18.9 Å². The minimum Gasteiger partial charge on any atom is -0.300 e. The number of anilines is 1. The van der Waals surface area contributed by atoms with E-state index in [0.29, 0.717) is 11.0 Å². The molecule has 128 valence electrons. The van der Waals surface area contributed by atoms with Gasteiger partial charge >= 0.3 is 0 Å². The molecule has 1 atom stereocenters. The molecule has 4 aliphatic heterocycles. The molecule has 24 heavy (non-hydrogen) atoms. The molecule has 4 saturated heterocycles. The molecule has 1 aromatic heterocycles. The van der Waals surface area contributed by atoms with Gasteiger partial charge in [-0.2, -0.15) is 0 Å². The first-order chi connectivity index (χ1) is 11.6. The molecule has 0 aliphatic carbocycles. The van der Waals surface area contributed by atoms with Crippen LogP contribution in [-0.2, 0) is 4.84 Å². The smallest absolute Gasteiger partial charge is 0.210 e. The molecule has 1 aromatic carbocycles. The van der Waals surface area contributed by atoms with Crippen LogP contribution < -0.4 is 5.06 Å². The molecule has 8 heteroatoms. The maximum Gasteiger partial charge on any atom is 0.210 e. The van der Waals surface area contributed by atoms with Gasteiger partial charge in [0.2, 0.25) is 5.13 Å². The average Bonchev–Trinajstić information content (AvgIpc) is 3.19. The third-order valence-electron chi connectivity index (χ3n) is 5.57. The zero-order valence-corrected chi connectivity index (χ0v) is 14.5. The first-order valence-corrected chi connectivity index (χ1v) is 9.38. The zero-order chi connectivity index (χ0) is 16.5. The number of nitrogens with zero attached hydrogens (tertiary/aromatic N) is 3. The van der Waals surface area contributed by atoms with Gasteiger partial charge in [0.15, 0.2) is 5.82 Å². The number of rotatable bonds is 1. The molecule has 4 aliphatic rings. The van der Waals surface area contributed by atoms with Gasteiger partial charge in [0, 0.05) is 19.0 Å². The van der Waals surface area contributed by atoms with Gasteiger partial charge in [0.1, 0.15) is 16.4 Å². The number of aromatic nitrogens is 1. The summed E-state index contributed by atoms with van der Waals surface area (Å²) in [4.78, 5) is 13.1. The Morgan fingerprint density at radius 3 is 2.79 bits per heavy atom. The van der Waals surface area contributed by atoms with Crippen molar-refractivity contribution in [3.05, 3.63) is 22.7 Å². The van der Waals surface area contributed by atoms with Gasteiger partial charge in [-0.3, -0.25) is 4.84 Å². The first-order valence-electron chi connectivity index (χ1n) is 8.19. The summed E-state index contributed by atoms with van der Waals surface area (Å²) in [6.45, 7) is 3.98. The van der Waals surface area contributed by atoms with Crippen molar-refractivity contribution in [1.29, 1.82) is 0 Å². The highest BCUT2D eigenvalue weighted by Crippen LogP contribution is 2.46. The highest BCUT2D eigenvalue weighted by molar-refractivity contribution is 7.22. The van der Waals surface area contributed by atoms with Crippen molar-refractivity contribution in [2.75, 3.05) is 31.2 Å². The van der Waals surface area contributed by atoms with E-state index in [9.17, 15) is 8.78 Å². The van der Waals surface area contributed by atoms with Crippen LogP contribution in [0.3, 0.4) is 0 Å². The fraction of sp³-hybridized carbons (Fsp3) is 0.562. The normalized spacial score (nSPS) is 32.4. The van der Waals surface area contributed by atoms with Gasteiger partial charge in [0.25, 0.3) is 0 Å². The van der Waals surface area contributed by atoms with Gasteiger partial charge in [-0.25, -0.2) is 18.8 Å². The van der Waals surface area contributed by atoms with Crippen LogP contribution in [0.25, 0.3) is 10.2 Å². The maximum absolute atomic E-state index is 14.2. The van der Waals surface area contributed by atoms with Crippen LogP contribution in [0, 0.1) is 17.6 Å². The molecule has 1 unspecified atom stereocenters. The maximum atomic E-state index is 14.2. The predicted octanol–water partition coefficient (Wildman–Crippen LogP) is 3.83. The standard InChI is InChI=1S/C16H16ClF2N3OS/c17-12-10(18)7-11-14(13(12)19)24-15(20-11)22-6-3-16(23-22)8-21-4-1-9(16)2-5-21/h7,9H,1-6,8H2. The SMILES string of the molecule is Fc1cc2nc(N3CCC4(CN5CCC4CC5)O3)sc2c(F)c1Cl. The van der Waals surface area contributed by atoms with Crippen molar-refractivity contribution in [2.24, 2.45) is 5.92 Å². The highest BCUT2D eigenvalue weighted by atomic mass is 35.5. The summed E-state index contributed by atoms with van der Waals surface area (Å²) in [6, 6.07) is 1.18. The van der Waals surface area contributed by atoms with E-state index in [0.717, 1.165) is 43.9 Å². The van der Waals surface area contributed by atoms with Crippen LogP contribution in [0.2, 0.25) is 5.02 Å². The molecule has 1 spiro atoms. The van der Waals surface area contributed by atoms with Crippen LogP contribution >= 0.6 is 22.9 Å². The molecule has 4 fully saturated rings. The van der Waals surface area contributed by atoms with Crippen molar-refractivity contribution < 1.29 is 13.6 Å². The largest absolute Gasteiger partial charge is 0.300 e. The van der Waals surface area contributed by atoms with Gasteiger partial charge in [-0.05, 0) is 31.8 Å². The lowest BCUT2D eigenvalue weighted by molar-refractivity contribution is -0.130. The van der Waals surface area contributed by atoms with Crippen molar-refractivity contribution in [1.82, 2.24) is 9.88 Å². The van der Waals surface area contributed by atoms with Gasteiger partial charge in [0.05, 0.1) is 16.8 Å². The Morgan fingerprint density at radius 1 is 1.29 bits per heavy atom. The Hall–Kier alpha value is -1.02. The molecule has 5 heterocycles. The van der Waals surface area contributed by atoms with Gasteiger partial charge in [-0.1, -0.05) is 22.9 Å². The van der Waals surface area contributed by atoms with Gasteiger partial charge < -0.3 is 4.90 Å². The van der Waals surface area contributed by atoms with Crippen LogP contribution in [0.4, 0.5) is 13.9 Å². The van der Waals surface area contributed by atoms with Crippen molar-refractivity contribution in [2.45, 2.75) is 24.9 Å². The van der Waals surface area contributed by atoms with E-state index >= 15 is 0 Å². The molecule has 0 amide bonds. The number of halogens is 3. The highest BCUT2D eigenvalue weighted by Gasteiger charge is 2.52. The van der Waals surface area contributed by atoms with E-state index in [2.05, 4.69) is 9.88 Å². The summed E-state index contributed by atoms with van der Waals surface area (Å²) in [5, 5.41) is 1.85. The number of benzene rings is 1. The summed E-state index contributed by atoms with van der Waals surface area (Å²) in [6.07, 6.45) is 3.29. The number of hydroxylamine groups is 1. The van der Waals surface area contributed by atoms with Gasteiger partial charge in [-0.15, -0.1) is 0 Å². The van der Waals surface area contributed by atoms with Crippen LogP contribution in [0.1, 0.15) is 19.3 Å². The summed E-state index contributed by atoms with van der Waals surface area (Å²) in [7, 11) is 0. The first kappa shape index (κ1) is 15.3. The van der Waals surface area contributed by atoms with E-state index in [1.807, 2.05) is 0 Å². The number of fused-ring (bicyclic) bond motifs is 3. The molecule has 2 aromatic rings. The second-order valence-electron chi connectivity index (χ2n) is 6.89. The zero-order valence-electron chi connectivity index (χ0n) is 12.9. The predicted molar refractivity (Wildman–Crippen MR) is 89.5 cm³/mol. The molecular formula is C16H16ClF2N3OS. The number of thiazole rings is 1. The van der Waals surface area contributed by atoms with Crippen LogP contribution in [0.15, 0.2) is 6.07 Å². The third-order valence-corrected chi connectivity index (χ3v) is 6.99. The molecule has 0 radical (unpaired) electrons. The lowest BCUT2D eigenvalue weighted by Gasteiger charge is -2.50. The molecule has 0 saturated carbocycles. The van der Waals surface area contributed by atoms with Crippen LogP contribution in [-0.4, -0.2) is 41.7 Å². The van der Waals surface area contributed by atoms with E-state index in [1.54, 1.807) is 5.06 Å². The summed E-state index contributed by atoms with van der Waals surface area (Å²) in [5.74, 6) is -0.951. The monoisotopic (exact) mass is 371 g/mol. The lowest BCUT2D eigenvalue weighted by Crippen LogP contribution is -2.59. The third kappa shape index (κ3) is 2.11. The van der Waals surface area contributed by atoms with E-state index in [4.69, 9.17) is 16.4 Å². The Labute approximate surface area is 146 Å². The van der Waals surface area contributed by atoms with Crippen molar-refractivity contribution in [3.8, 4) is 0 Å². The molecule has 4 nitrogen and oxygen atoms in total. The Kier molecular flexibility index (Phi) is 3.33. The van der Waals surface area contributed by atoms with Crippen molar-refractivity contribution in [3.63, 3.8) is 0 Å². The lowest BCUT2D eigenvalue weighted by atomic mass is 9.74. The topological polar surface area (TPSA) is 28.6 Å². The summed E-state index contributed by atoms with van der Waals surface area (Å²) < 4.78 is 28.1. The summed E-state index contributed by atoms with van der Waals surface area (Å²) >= 11 is 6.82. The van der Waals surface area contributed by atoms with Crippen molar-refractivity contribution >= 4 is 38.3 Å². The second-order valence-corrected chi connectivity index (χ2v) is 8.25. The molecule has 0 N–H and O–H groups in total.